The first-order chi connectivity index (χ1) is 13.7. The maximum atomic E-state index is 9.80. The van der Waals surface area contributed by atoms with Crippen LogP contribution in [0.25, 0.3) is 17.0 Å². The molecular formula is C23H23N2O2S+. The van der Waals surface area contributed by atoms with E-state index in [1.54, 1.807) is 11.8 Å². The number of pyridine rings is 1. The molecule has 0 bridgehead atoms. The fourth-order valence-electron chi connectivity index (χ4n) is 3.40. The van der Waals surface area contributed by atoms with Gasteiger partial charge in [0.15, 0.2) is 12.7 Å². The van der Waals surface area contributed by atoms with Crippen molar-refractivity contribution in [1.29, 1.82) is 0 Å². The van der Waals surface area contributed by atoms with E-state index in [2.05, 4.69) is 60.5 Å². The molecule has 4 rings (SSSR count). The average molecular weight is 392 g/mol. The van der Waals surface area contributed by atoms with Crippen LogP contribution in [0.3, 0.4) is 0 Å². The number of benzene rings is 2. The monoisotopic (exact) mass is 391 g/mol. The number of thioether (sulfide) groups is 1. The summed E-state index contributed by atoms with van der Waals surface area (Å²) >= 11 is 1.78. The smallest absolute Gasteiger partial charge is 0.213 e. The molecule has 0 radical (unpaired) electrons. The Morgan fingerprint density at radius 1 is 1.11 bits per heavy atom. The molecule has 3 aromatic rings. The summed E-state index contributed by atoms with van der Waals surface area (Å²) in [4.78, 5) is 3.48. The van der Waals surface area contributed by atoms with E-state index < -0.39 is 6.10 Å². The first-order valence-electron chi connectivity index (χ1n) is 9.26. The second-order valence-corrected chi connectivity index (χ2v) is 7.83. The van der Waals surface area contributed by atoms with E-state index in [1.165, 1.54) is 15.6 Å². The minimum absolute atomic E-state index is 0.246. The van der Waals surface area contributed by atoms with Crippen molar-refractivity contribution in [3.05, 3.63) is 83.5 Å². The number of allylic oxidation sites excluding steroid dienone is 2. The van der Waals surface area contributed by atoms with Crippen LogP contribution in [0.5, 0.6) is 0 Å². The zero-order chi connectivity index (χ0) is 19.5. The summed E-state index contributed by atoms with van der Waals surface area (Å²) in [7, 11) is 2.09. The van der Waals surface area contributed by atoms with Gasteiger partial charge in [-0.1, -0.05) is 48.2 Å². The van der Waals surface area contributed by atoms with Crippen molar-refractivity contribution in [3.63, 3.8) is 0 Å². The number of fused-ring (bicyclic) bond motifs is 2. The molecule has 0 saturated carbocycles. The van der Waals surface area contributed by atoms with Gasteiger partial charge in [-0.15, -0.1) is 0 Å². The zero-order valence-electron chi connectivity index (χ0n) is 15.7. The van der Waals surface area contributed by atoms with Gasteiger partial charge in [0.2, 0.25) is 5.52 Å². The summed E-state index contributed by atoms with van der Waals surface area (Å²) < 4.78 is 1.98. The Balaban J connectivity index is 1.61. The topological polar surface area (TPSA) is 47.6 Å². The summed E-state index contributed by atoms with van der Waals surface area (Å²) in [5, 5.41) is 21.2. The number of hydrogen-bond acceptors (Lipinski definition) is 4. The third kappa shape index (κ3) is 3.69. The van der Waals surface area contributed by atoms with E-state index in [0.717, 1.165) is 16.5 Å². The number of rotatable bonds is 5. The van der Waals surface area contributed by atoms with Crippen LogP contribution < -0.4 is 9.47 Å². The van der Waals surface area contributed by atoms with Crippen molar-refractivity contribution < 1.29 is 14.8 Å². The van der Waals surface area contributed by atoms with Gasteiger partial charge in [0.1, 0.15) is 6.10 Å². The minimum atomic E-state index is -0.768. The molecule has 1 aromatic heterocycles. The lowest BCUT2D eigenvalue weighted by molar-refractivity contribution is -0.678. The fourth-order valence-corrected chi connectivity index (χ4v) is 4.46. The Labute approximate surface area is 169 Å². The van der Waals surface area contributed by atoms with Gasteiger partial charge in [-0.3, -0.25) is 0 Å². The van der Waals surface area contributed by atoms with E-state index in [1.807, 2.05) is 35.0 Å². The molecule has 0 spiro atoms. The highest BCUT2D eigenvalue weighted by Gasteiger charge is 2.20. The molecule has 1 unspecified atom stereocenters. The Hall–Kier alpha value is -2.60. The third-order valence-corrected chi connectivity index (χ3v) is 6.05. The molecule has 0 fully saturated rings. The highest BCUT2D eigenvalue weighted by Crippen LogP contribution is 2.44. The molecule has 0 aliphatic carbocycles. The first kappa shape index (κ1) is 18.7. The van der Waals surface area contributed by atoms with Crippen LogP contribution in [-0.2, 0) is 6.54 Å². The van der Waals surface area contributed by atoms with E-state index >= 15 is 0 Å². The fraction of sp³-hybridized carbons (Fsp3) is 0.174. The van der Waals surface area contributed by atoms with Gasteiger partial charge in [0, 0.05) is 24.1 Å². The molecule has 1 aliphatic rings. The van der Waals surface area contributed by atoms with Gasteiger partial charge in [-0.25, -0.2) is 0 Å². The second kappa shape index (κ2) is 8.19. The maximum absolute atomic E-state index is 9.80. The van der Waals surface area contributed by atoms with Crippen molar-refractivity contribution in [1.82, 2.24) is 0 Å². The van der Waals surface area contributed by atoms with Gasteiger partial charge in [0.05, 0.1) is 22.7 Å². The summed E-state index contributed by atoms with van der Waals surface area (Å²) in [5.41, 5.74) is 3.38. The third-order valence-electron chi connectivity index (χ3n) is 4.86. The van der Waals surface area contributed by atoms with Crippen molar-refractivity contribution in [2.24, 2.45) is 0 Å². The molecule has 4 nitrogen and oxygen atoms in total. The molecule has 2 N–H and O–H groups in total. The van der Waals surface area contributed by atoms with E-state index in [-0.39, 0.29) is 6.61 Å². The molecular weight excluding hydrogens is 368 g/mol. The Bertz CT molecular complexity index is 1060. The molecule has 0 amide bonds. The van der Waals surface area contributed by atoms with Crippen LogP contribution in [-0.4, -0.2) is 30.0 Å². The molecule has 0 saturated heterocycles. The highest BCUT2D eigenvalue weighted by molar-refractivity contribution is 8.03. The summed E-state index contributed by atoms with van der Waals surface area (Å²) in [6.45, 7) is 0.120. The molecule has 1 aliphatic heterocycles. The number of para-hydroxylation sites is 2. The lowest BCUT2D eigenvalue weighted by Crippen LogP contribution is -2.41. The predicted molar refractivity (Wildman–Crippen MR) is 115 cm³/mol. The standard InChI is InChI=1S/C23H23N2O2S/c1-24-21-10-4-5-11-22(21)28-23(24)12-6-7-17-13-14-25(15-18(27)16-26)20-9-3-2-8-19(17)20/h2-14,18,26-27H,15-16H2,1H3/q+1. The Morgan fingerprint density at radius 3 is 2.71 bits per heavy atom. The molecule has 28 heavy (non-hydrogen) atoms. The number of aliphatic hydroxyl groups excluding tert-OH is 2. The van der Waals surface area contributed by atoms with E-state index in [4.69, 9.17) is 5.11 Å². The predicted octanol–water partition coefficient (Wildman–Crippen LogP) is 3.58. The summed E-state index contributed by atoms with van der Waals surface area (Å²) in [5.74, 6) is 0. The van der Waals surface area contributed by atoms with Crippen LogP contribution in [0.15, 0.2) is 82.9 Å². The number of hydrogen-bond donors (Lipinski definition) is 2. The van der Waals surface area contributed by atoms with Gasteiger partial charge in [0.25, 0.3) is 0 Å². The zero-order valence-corrected chi connectivity index (χ0v) is 16.5. The quantitative estimate of drug-likeness (QED) is 0.653. The molecule has 2 heterocycles. The van der Waals surface area contributed by atoms with Gasteiger partial charge in [-0.05, 0) is 29.8 Å². The summed E-state index contributed by atoms with van der Waals surface area (Å²) in [6, 6.07) is 18.6. The van der Waals surface area contributed by atoms with Gasteiger partial charge < -0.3 is 15.1 Å². The van der Waals surface area contributed by atoms with Crippen LogP contribution in [0.4, 0.5) is 5.69 Å². The van der Waals surface area contributed by atoms with E-state index in [9.17, 15) is 5.11 Å². The second-order valence-electron chi connectivity index (χ2n) is 6.77. The normalized spacial score (nSPS) is 16.2. The van der Waals surface area contributed by atoms with Gasteiger partial charge >= 0.3 is 0 Å². The first-order valence-corrected chi connectivity index (χ1v) is 10.1. The van der Waals surface area contributed by atoms with Crippen molar-refractivity contribution >= 4 is 34.4 Å². The minimum Gasteiger partial charge on any atom is -0.393 e. The van der Waals surface area contributed by atoms with Gasteiger partial charge in [-0.2, -0.15) is 4.57 Å². The molecule has 2 aromatic carbocycles. The number of aliphatic hydroxyl groups is 2. The Kier molecular flexibility index (Phi) is 5.48. The molecule has 1 atom stereocenters. The largest absolute Gasteiger partial charge is 0.393 e. The van der Waals surface area contributed by atoms with Crippen LogP contribution in [0, 0.1) is 0 Å². The van der Waals surface area contributed by atoms with Crippen LogP contribution >= 0.6 is 11.8 Å². The molecule has 142 valence electrons. The number of anilines is 1. The van der Waals surface area contributed by atoms with Crippen LogP contribution in [0.1, 0.15) is 5.56 Å². The van der Waals surface area contributed by atoms with Crippen molar-refractivity contribution in [2.75, 3.05) is 18.6 Å². The van der Waals surface area contributed by atoms with Crippen molar-refractivity contribution in [2.45, 2.75) is 17.5 Å². The summed E-state index contributed by atoms with van der Waals surface area (Å²) in [6.07, 6.45) is 7.52. The SMILES string of the molecule is CN1C(=CC=Cc2cc[n+](CC(O)CO)c3ccccc23)Sc2ccccc21. The number of aromatic nitrogens is 1. The van der Waals surface area contributed by atoms with Crippen molar-refractivity contribution in [3.8, 4) is 0 Å². The maximum Gasteiger partial charge on any atom is 0.213 e. The molecule has 5 heteroatoms. The number of nitrogens with zero attached hydrogens (tertiary/aromatic N) is 2. The lowest BCUT2D eigenvalue weighted by atomic mass is 10.1. The highest BCUT2D eigenvalue weighted by atomic mass is 32.2. The van der Waals surface area contributed by atoms with Crippen LogP contribution in [0.2, 0.25) is 0 Å². The average Bonchev–Trinajstić information content (AvgIpc) is 3.05. The lowest BCUT2D eigenvalue weighted by Gasteiger charge is -2.12. The Morgan fingerprint density at radius 2 is 1.89 bits per heavy atom. The van der Waals surface area contributed by atoms with E-state index in [0.29, 0.717) is 6.54 Å².